The van der Waals surface area contributed by atoms with Crippen molar-refractivity contribution >= 4 is 33.1 Å². The van der Waals surface area contributed by atoms with E-state index in [1.165, 1.54) is 0 Å². The third kappa shape index (κ3) is 4.08. The second kappa shape index (κ2) is 6.38. The molecule has 0 amide bonds. The number of carbonyl (C=O) groups is 1. The number of imidazole rings is 1. The molecule has 0 aliphatic heterocycles. The van der Waals surface area contributed by atoms with Gasteiger partial charge < -0.3 is 9.64 Å². The molecule has 1 heterocycles. The molecule has 0 saturated heterocycles. The normalized spacial score (nSPS) is 12.1. The summed E-state index contributed by atoms with van der Waals surface area (Å²) in [6, 6.07) is 5.70. The Hall–Kier alpha value is -1.40. The van der Waals surface area contributed by atoms with E-state index >= 15 is 0 Å². The van der Waals surface area contributed by atoms with Crippen molar-refractivity contribution < 1.29 is 9.53 Å². The number of halogens is 1. The van der Waals surface area contributed by atoms with Crippen LogP contribution < -0.4 is 0 Å². The molecule has 0 radical (unpaired) electrons. The highest BCUT2D eigenvalue weighted by Crippen LogP contribution is 2.23. The topological polar surface area (TPSA) is 47.4 Å². The van der Waals surface area contributed by atoms with Crippen molar-refractivity contribution in [2.24, 2.45) is 0 Å². The number of hydrogen-bond acceptors (Lipinski definition) is 4. The number of fused-ring (bicyclic) bond motifs is 1. The summed E-state index contributed by atoms with van der Waals surface area (Å²) in [5.41, 5.74) is 1.02. The summed E-state index contributed by atoms with van der Waals surface area (Å²) in [6.07, 6.45) is 0.296. The Balaban J connectivity index is 2.47. The van der Waals surface area contributed by atoms with Gasteiger partial charge in [-0.05, 0) is 53.1 Å². The number of hydrogen-bond donors (Lipinski definition) is 0. The molecule has 2 aromatic rings. The summed E-state index contributed by atoms with van der Waals surface area (Å²) in [5.74, 6) is 0.719. The maximum Gasteiger partial charge on any atom is 0.420 e. The number of likely N-dealkylation sites (N-methyl/N-ethyl adjacent to an activating group) is 1. The predicted octanol–water partition coefficient (Wildman–Crippen LogP) is 3.69. The van der Waals surface area contributed by atoms with E-state index in [0.717, 1.165) is 27.9 Å². The second-order valence-electron chi connectivity index (χ2n) is 6.53. The van der Waals surface area contributed by atoms with Crippen LogP contribution in [0.2, 0.25) is 0 Å². The molecular weight excluding hydrogens is 346 g/mol. The molecule has 0 unspecified atom stereocenters. The zero-order chi connectivity index (χ0) is 16.5. The lowest BCUT2D eigenvalue weighted by Gasteiger charge is -2.20. The summed E-state index contributed by atoms with van der Waals surface area (Å²) in [5, 5.41) is 0. The van der Waals surface area contributed by atoms with Crippen LogP contribution in [0.4, 0.5) is 4.79 Å². The van der Waals surface area contributed by atoms with E-state index in [1.54, 1.807) is 4.57 Å². The molecule has 0 fully saturated rings. The zero-order valence-electron chi connectivity index (χ0n) is 13.7. The van der Waals surface area contributed by atoms with Crippen molar-refractivity contribution in [3.63, 3.8) is 0 Å². The van der Waals surface area contributed by atoms with Gasteiger partial charge in [-0.25, -0.2) is 14.3 Å². The highest BCUT2D eigenvalue weighted by molar-refractivity contribution is 9.10. The molecule has 0 atom stereocenters. The van der Waals surface area contributed by atoms with Crippen LogP contribution in [0, 0.1) is 0 Å². The minimum absolute atomic E-state index is 0.383. The van der Waals surface area contributed by atoms with E-state index in [-0.39, 0.29) is 6.09 Å². The average molecular weight is 368 g/mol. The lowest BCUT2D eigenvalue weighted by atomic mass is 10.2. The van der Waals surface area contributed by atoms with Gasteiger partial charge in [0.2, 0.25) is 0 Å². The van der Waals surface area contributed by atoms with E-state index in [1.807, 2.05) is 53.1 Å². The van der Waals surface area contributed by atoms with Gasteiger partial charge in [-0.2, -0.15) is 0 Å². The first-order chi connectivity index (χ1) is 10.2. The van der Waals surface area contributed by atoms with Crippen molar-refractivity contribution in [3.8, 4) is 0 Å². The summed E-state index contributed by atoms with van der Waals surface area (Å²) < 4.78 is 8.04. The van der Waals surface area contributed by atoms with E-state index in [0.29, 0.717) is 6.42 Å². The Labute approximate surface area is 139 Å². The molecule has 120 valence electrons. The smallest absolute Gasteiger partial charge is 0.420 e. The first kappa shape index (κ1) is 17.0. The molecule has 1 aromatic carbocycles. The highest BCUT2D eigenvalue weighted by Gasteiger charge is 2.23. The van der Waals surface area contributed by atoms with Crippen LogP contribution in [0.3, 0.4) is 0 Å². The standard InChI is InChI=1S/C16H22BrN3O2/c1-16(2,3)22-15(21)20-13-7-6-11(17)10-12(13)18-14(20)8-9-19(4)5/h6-7,10H,8-9H2,1-5H3. The SMILES string of the molecule is CN(C)CCc1nc2cc(Br)ccc2n1C(=O)OC(C)(C)C. The summed E-state index contributed by atoms with van der Waals surface area (Å²) >= 11 is 3.44. The Bertz CT molecular complexity index is 686. The average Bonchev–Trinajstić information content (AvgIpc) is 2.71. The van der Waals surface area contributed by atoms with Gasteiger partial charge in [0.1, 0.15) is 11.4 Å². The maximum atomic E-state index is 12.6. The van der Waals surface area contributed by atoms with Crippen LogP contribution in [0.5, 0.6) is 0 Å². The minimum atomic E-state index is -0.540. The number of benzene rings is 1. The maximum absolute atomic E-state index is 12.6. The monoisotopic (exact) mass is 367 g/mol. The van der Waals surface area contributed by atoms with Gasteiger partial charge >= 0.3 is 6.09 Å². The van der Waals surface area contributed by atoms with Crippen molar-refractivity contribution in [2.75, 3.05) is 20.6 Å². The van der Waals surface area contributed by atoms with E-state index < -0.39 is 5.60 Å². The van der Waals surface area contributed by atoms with Crippen LogP contribution in [0.25, 0.3) is 11.0 Å². The minimum Gasteiger partial charge on any atom is -0.443 e. The molecule has 0 aliphatic carbocycles. The molecule has 0 spiro atoms. The molecule has 0 bridgehead atoms. The van der Waals surface area contributed by atoms with Crippen molar-refractivity contribution in [1.29, 1.82) is 0 Å². The van der Waals surface area contributed by atoms with E-state index in [9.17, 15) is 4.79 Å². The summed E-state index contributed by atoms with van der Waals surface area (Å²) in [6.45, 7) is 6.40. The third-order valence-electron chi connectivity index (χ3n) is 3.04. The first-order valence-corrected chi connectivity index (χ1v) is 8.01. The van der Waals surface area contributed by atoms with Gasteiger partial charge in [-0.3, -0.25) is 0 Å². The Morgan fingerprint density at radius 1 is 1.36 bits per heavy atom. The second-order valence-corrected chi connectivity index (χ2v) is 7.45. The first-order valence-electron chi connectivity index (χ1n) is 7.22. The molecule has 5 nitrogen and oxygen atoms in total. The fourth-order valence-electron chi connectivity index (χ4n) is 2.11. The molecule has 1 aromatic heterocycles. The molecular formula is C16H22BrN3O2. The number of carbonyl (C=O) groups excluding carboxylic acids is 1. The zero-order valence-corrected chi connectivity index (χ0v) is 15.3. The molecule has 0 saturated carbocycles. The molecule has 0 aliphatic rings. The van der Waals surface area contributed by atoms with Crippen LogP contribution in [-0.4, -0.2) is 46.8 Å². The van der Waals surface area contributed by atoms with Crippen molar-refractivity contribution in [2.45, 2.75) is 32.8 Å². The van der Waals surface area contributed by atoms with Crippen molar-refractivity contribution in [3.05, 3.63) is 28.5 Å². The molecule has 22 heavy (non-hydrogen) atoms. The third-order valence-corrected chi connectivity index (χ3v) is 3.54. The van der Waals surface area contributed by atoms with Crippen LogP contribution in [-0.2, 0) is 11.2 Å². The fraction of sp³-hybridized carbons (Fsp3) is 0.500. The number of ether oxygens (including phenoxy) is 1. The van der Waals surface area contributed by atoms with Crippen molar-refractivity contribution in [1.82, 2.24) is 14.5 Å². The van der Waals surface area contributed by atoms with Crippen LogP contribution in [0.1, 0.15) is 26.6 Å². The number of aromatic nitrogens is 2. The van der Waals surface area contributed by atoms with E-state index in [4.69, 9.17) is 4.74 Å². The Morgan fingerprint density at radius 2 is 2.05 bits per heavy atom. The molecule has 0 N–H and O–H groups in total. The van der Waals surface area contributed by atoms with Crippen LogP contribution >= 0.6 is 15.9 Å². The van der Waals surface area contributed by atoms with Gasteiger partial charge in [-0.15, -0.1) is 0 Å². The van der Waals surface area contributed by atoms with E-state index in [2.05, 4.69) is 25.8 Å². The van der Waals surface area contributed by atoms with Gasteiger partial charge in [-0.1, -0.05) is 15.9 Å². The van der Waals surface area contributed by atoms with Gasteiger partial charge in [0.05, 0.1) is 11.0 Å². The lowest BCUT2D eigenvalue weighted by molar-refractivity contribution is 0.0538. The largest absolute Gasteiger partial charge is 0.443 e. The van der Waals surface area contributed by atoms with Gasteiger partial charge in [0.25, 0.3) is 0 Å². The number of nitrogens with zero attached hydrogens (tertiary/aromatic N) is 3. The Morgan fingerprint density at radius 3 is 2.64 bits per heavy atom. The Kier molecular flexibility index (Phi) is 4.92. The summed E-state index contributed by atoms with van der Waals surface area (Å²) in [4.78, 5) is 19.2. The fourth-order valence-corrected chi connectivity index (χ4v) is 2.45. The quantitative estimate of drug-likeness (QED) is 0.829. The lowest BCUT2D eigenvalue weighted by Crippen LogP contribution is -2.28. The van der Waals surface area contributed by atoms with Gasteiger partial charge in [0, 0.05) is 17.4 Å². The van der Waals surface area contributed by atoms with Crippen LogP contribution in [0.15, 0.2) is 22.7 Å². The predicted molar refractivity (Wildman–Crippen MR) is 91.3 cm³/mol. The number of rotatable bonds is 3. The molecule has 6 heteroatoms. The molecule has 2 rings (SSSR count). The highest BCUT2D eigenvalue weighted by atomic mass is 79.9. The summed E-state index contributed by atoms with van der Waals surface area (Å²) in [7, 11) is 3.99. The van der Waals surface area contributed by atoms with Gasteiger partial charge in [0.15, 0.2) is 0 Å².